The third-order valence-corrected chi connectivity index (χ3v) is 10.2. The maximum Gasteiger partial charge on any atom is 0.309 e. The van der Waals surface area contributed by atoms with Gasteiger partial charge in [-0.05, 0) is 96.5 Å². The van der Waals surface area contributed by atoms with Crippen LogP contribution in [0.3, 0.4) is 0 Å². The first-order valence-corrected chi connectivity index (χ1v) is 17.3. The third kappa shape index (κ3) is 7.72. The molecule has 0 radical (unpaired) electrons. The van der Waals surface area contributed by atoms with Crippen LogP contribution in [0.1, 0.15) is 22.3 Å². The lowest BCUT2D eigenvalue weighted by Gasteiger charge is -2.20. The zero-order chi connectivity index (χ0) is 37.8. The predicted molar refractivity (Wildman–Crippen MR) is 193 cm³/mol. The molecule has 2 aliphatic rings. The van der Waals surface area contributed by atoms with Crippen LogP contribution >= 0.6 is 0 Å². The molecule has 4 aromatic carbocycles. The highest BCUT2D eigenvalue weighted by Crippen LogP contribution is 2.47. The first kappa shape index (κ1) is 37.0. The van der Waals surface area contributed by atoms with Gasteiger partial charge < -0.3 is 48.5 Å². The second kappa shape index (κ2) is 15.9. The number of carbonyl (C=O) groups excluding carboxylic acids is 2. The van der Waals surface area contributed by atoms with Crippen LogP contribution in [0.15, 0.2) is 60.7 Å². The summed E-state index contributed by atoms with van der Waals surface area (Å²) in [7, 11) is 7.48. The van der Waals surface area contributed by atoms with Gasteiger partial charge in [0.1, 0.15) is 0 Å². The highest BCUT2D eigenvalue weighted by molar-refractivity contribution is 5.82. The van der Waals surface area contributed by atoms with Crippen molar-refractivity contribution < 1.29 is 58.1 Å². The number of phenolic OH excluding ortho intramolecular Hbond substituents is 3. The average Bonchev–Trinajstić information content (AvgIpc) is 3.69. The summed E-state index contributed by atoms with van der Waals surface area (Å²) in [6.45, 7) is 0.482. The Bertz CT molecular complexity index is 1990. The molecule has 3 N–H and O–H groups in total. The van der Waals surface area contributed by atoms with Crippen molar-refractivity contribution in [2.75, 3.05) is 48.8 Å². The molecule has 53 heavy (non-hydrogen) atoms. The van der Waals surface area contributed by atoms with Gasteiger partial charge in [0, 0.05) is 23.0 Å². The van der Waals surface area contributed by atoms with Crippen molar-refractivity contribution in [3.63, 3.8) is 0 Å². The minimum absolute atomic E-state index is 0.0248. The van der Waals surface area contributed by atoms with Gasteiger partial charge in [-0.15, -0.1) is 0 Å². The van der Waals surface area contributed by atoms with Gasteiger partial charge in [-0.25, -0.2) is 0 Å². The van der Waals surface area contributed by atoms with E-state index in [1.165, 1.54) is 21.3 Å². The van der Waals surface area contributed by atoms with E-state index in [1.54, 1.807) is 56.7 Å². The Kier molecular flexibility index (Phi) is 11.1. The van der Waals surface area contributed by atoms with Crippen molar-refractivity contribution in [2.24, 2.45) is 23.7 Å². The SMILES string of the molecule is COc1cc(C[C@H]2COC(=O)[C@@H]2Cc2cc(OC)c(O)c(-c3cc(C[C@H]4C(=O)OC[C@@H]4Cc4ccc(OC)c(OC)c4)cc(OC)c3O)c2)ccc1O. The smallest absolute Gasteiger partial charge is 0.309 e. The van der Waals surface area contributed by atoms with Gasteiger partial charge in [0.15, 0.2) is 46.0 Å². The Morgan fingerprint density at radius 1 is 0.509 bits per heavy atom. The van der Waals surface area contributed by atoms with Crippen LogP contribution in [0.4, 0.5) is 0 Å². The summed E-state index contributed by atoms with van der Waals surface area (Å²) >= 11 is 0. The molecule has 0 bridgehead atoms. The van der Waals surface area contributed by atoms with Crippen molar-refractivity contribution >= 4 is 11.9 Å². The number of phenols is 3. The largest absolute Gasteiger partial charge is 0.504 e. The zero-order valence-corrected chi connectivity index (χ0v) is 30.3. The minimum Gasteiger partial charge on any atom is -0.504 e. The molecule has 0 aromatic heterocycles. The number of methoxy groups -OCH3 is 5. The summed E-state index contributed by atoms with van der Waals surface area (Å²) < 4.78 is 38.2. The Labute approximate surface area is 307 Å². The number of ether oxygens (including phenoxy) is 7. The van der Waals surface area contributed by atoms with Gasteiger partial charge in [-0.1, -0.05) is 12.1 Å². The minimum atomic E-state index is -0.512. The zero-order valence-electron chi connectivity index (χ0n) is 30.3. The maximum atomic E-state index is 13.1. The topological polar surface area (TPSA) is 159 Å². The van der Waals surface area contributed by atoms with Crippen molar-refractivity contribution in [1.29, 1.82) is 0 Å². The van der Waals surface area contributed by atoms with Gasteiger partial charge in [-0.3, -0.25) is 9.59 Å². The molecule has 2 aliphatic heterocycles. The molecule has 2 saturated heterocycles. The average molecular weight is 729 g/mol. The molecule has 0 amide bonds. The standard InChI is InChI=1S/C41H44O12/c1-47-33-9-7-23(17-35(33)49-3)11-27-21-53-41(46)29(27)13-25-15-31(39(44)37(19-25)51-5)30-14-24(18-36(50-4)38(30)43)12-28-26(20-52-40(28)45)10-22-6-8-32(42)34(16-22)48-2/h6-9,14-19,26-29,42-44H,10-13,20-21H2,1-5H3/t26-,27-,28+,29+/m0/s1. The summed E-state index contributed by atoms with van der Waals surface area (Å²) in [5.74, 6) is -0.503. The van der Waals surface area contributed by atoms with Crippen LogP contribution < -0.4 is 23.7 Å². The Hall–Kier alpha value is -5.78. The number of aromatic hydroxyl groups is 3. The number of esters is 2. The van der Waals surface area contributed by atoms with E-state index in [9.17, 15) is 24.9 Å². The van der Waals surface area contributed by atoms with Crippen LogP contribution in [0.5, 0.6) is 46.0 Å². The van der Waals surface area contributed by atoms with E-state index >= 15 is 0 Å². The fourth-order valence-electron chi connectivity index (χ4n) is 7.37. The normalized spacial score (nSPS) is 19.4. The number of hydrogen-bond acceptors (Lipinski definition) is 12. The molecular formula is C41H44O12. The van der Waals surface area contributed by atoms with E-state index in [4.69, 9.17) is 33.2 Å². The molecule has 280 valence electrons. The first-order valence-electron chi connectivity index (χ1n) is 17.3. The van der Waals surface area contributed by atoms with Crippen molar-refractivity contribution in [2.45, 2.75) is 25.7 Å². The lowest BCUT2D eigenvalue weighted by Crippen LogP contribution is -2.21. The molecule has 6 rings (SSSR count). The van der Waals surface area contributed by atoms with Crippen molar-refractivity contribution in [3.8, 4) is 57.1 Å². The van der Waals surface area contributed by atoms with Crippen molar-refractivity contribution in [1.82, 2.24) is 0 Å². The van der Waals surface area contributed by atoms with Gasteiger partial charge in [0.25, 0.3) is 0 Å². The van der Waals surface area contributed by atoms with E-state index < -0.39 is 11.8 Å². The first-order chi connectivity index (χ1) is 25.6. The highest BCUT2D eigenvalue weighted by atomic mass is 16.5. The number of carbonyl (C=O) groups is 2. The second-order valence-corrected chi connectivity index (χ2v) is 13.4. The second-order valence-electron chi connectivity index (χ2n) is 13.4. The summed E-state index contributed by atoms with van der Waals surface area (Å²) in [4.78, 5) is 26.1. The molecule has 0 saturated carbocycles. The number of cyclic esters (lactones) is 2. The van der Waals surface area contributed by atoms with Gasteiger partial charge in [-0.2, -0.15) is 0 Å². The predicted octanol–water partition coefficient (Wildman–Crippen LogP) is 5.66. The monoisotopic (exact) mass is 728 g/mol. The van der Waals surface area contributed by atoms with E-state index in [0.717, 1.165) is 11.1 Å². The summed E-state index contributed by atoms with van der Waals surface area (Å²) in [6, 6.07) is 17.5. The lowest BCUT2D eigenvalue weighted by atomic mass is 9.83. The molecule has 12 heteroatoms. The van der Waals surface area contributed by atoms with Crippen LogP contribution in [0, 0.1) is 23.7 Å². The van der Waals surface area contributed by atoms with Crippen LogP contribution in [-0.4, -0.2) is 76.0 Å². The molecule has 0 aliphatic carbocycles. The van der Waals surface area contributed by atoms with Crippen LogP contribution in [0.25, 0.3) is 11.1 Å². The maximum absolute atomic E-state index is 13.1. The summed E-state index contributed by atoms with van der Waals surface area (Å²) in [5, 5.41) is 32.8. The molecule has 0 unspecified atom stereocenters. The molecule has 2 fully saturated rings. The van der Waals surface area contributed by atoms with Gasteiger partial charge >= 0.3 is 11.9 Å². The van der Waals surface area contributed by atoms with Gasteiger partial charge in [0.2, 0.25) is 0 Å². The number of hydrogen-bond donors (Lipinski definition) is 3. The van der Waals surface area contributed by atoms with Crippen LogP contribution in [-0.2, 0) is 44.7 Å². The van der Waals surface area contributed by atoms with E-state index in [0.29, 0.717) is 41.2 Å². The molecule has 2 heterocycles. The Morgan fingerprint density at radius 2 is 0.925 bits per heavy atom. The number of benzene rings is 4. The van der Waals surface area contributed by atoms with Crippen LogP contribution in [0.2, 0.25) is 0 Å². The Morgan fingerprint density at radius 3 is 1.38 bits per heavy atom. The van der Waals surface area contributed by atoms with E-state index in [1.807, 2.05) is 18.2 Å². The molecular weight excluding hydrogens is 684 g/mol. The quantitative estimate of drug-likeness (QED) is 0.137. The van der Waals surface area contributed by atoms with Gasteiger partial charge in [0.05, 0.1) is 60.6 Å². The summed E-state index contributed by atoms with van der Waals surface area (Å²) in [5.41, 5.74) is 3.72. The molecule has 0 spiro atoms. The van der Waals surface area contributed by atoms with E-state index in [-0.39, 0.29) is 89.7 Å². The number of rotatable bonds is 14. The molecule has 12 nitrogen and oxygen atoms in total. The van der Waals surface area contributed by atoms with Crippen molar-refractivity contribution in [3.05, 3.63) is 82.9 Å². The fraction of sp³-hybridized carbons (Fsp3) is 0.366. The molecule has 4 aromatic rings. The fourth-order valence-corrected chi connectivity index (χ4v) is 7.37. The Balaban J connectivity index is 1.29. The summed E-state index contributed by atoms with van der Waals surface area (Å²) in [6.07, 6.45) is 1.62. The lowest BCUT2D eigenvalue weighted by molar-refractivity contribution is -0.142. The highest BCUT2D eigenvalue weighted by Gasteiger charge is 2.39. The van der Waals surface area contributed by atoms with E-state index in [2.05, 4.69) is 0 Å². The molecule has 4 atom stereocenters. The third-order valence-electron chi connectivity index (χ3n) is 10.2.